The first-order chi connectivity index (χ1) is 23.7. The van der Waals surface area contributed by atoms with Gasteiger partial charge in [0.2, 0.25) is 0 Å². The van der Waals surface area contributed by atoms with Gasteiger partial charge in [0, 0.05) is 32.7 Å². The summed E-state index contributed by atoms with van der Waals surface area (Å²) in [7, 11) is 0. The van der Waals surface area contributed by atoms with Gasteiger partial charge in [-0.05, 0) is 59.7 Å². The summed E-state index contributed by atoms with van der Waals surface area (Å²) in [5.74, 6) is 0. The van der Waals surface area contributed by atoms with E-state index in [4.69, 9.17) is 0 Å². The second-order valence-electron chi connectivity index (χ2n) is 12.0. The van der Waals surface area contributed by atoms with Crippen molar-refractivity contribution in [1.29, 1.82) is 10.5 Å². The maximum absolute atomic E-state index is 10.7. The largest absolute Gasteiger partial charge is 0.308 e. The maximum Gasteiger partial charge on any atom is 0.101 e. The average Bonchev–Trinajstić information content (AvgIpc) is 3.67. The molecule has 0 bridgehead atoms. The Bertz CT molecular complexity index is 2750. The Labute approximate surface area is 277 Å². The Morgan fingerprint density at radius 3 is 1.60 bits per heavy atom. The number of para-hydroxylation sites is 4. The molecule has 0 unspecified atom stereocenters. The van der Waals surface area contributed by atoms with Gasteiger partial charge in [-0.15, -0.1) is 0 Å². The second-order valence-corrected chi connectivity index (χ2v) is 12.0. The van der Waals surface area contributed by atoms with E-state index >= 15 is 0 Å². The fourth-order valence-electron chi connectivity index (χ4n) is 7.32. The van der Waals surface area contributed by atoms with Crippen LogP contribution in [0.2, 0.25) is 0 Å². The van der Waals surface area contributed by atoms with Gasteiger partial charge in [-0.1, -0.05) is 109 Å². The van der Waals surface area contributed by atoms with Gasteiger partial charge in [0.25, 0.3) is 0 Å². The third-order valence-corrected chi connectivity index (χ3v) is 9.40. The molecule has 9 rings (SSSR count). The summed E-state index contributed by atoms with van der Waals surface area (Å²) in [5, 5.41) is 24.7. The number of nitriles is 2. The third-order valence-electron chi connectivity index (χ3n) is 9.40. The van der Waals surface area contributed by atoms with E-state index in [-0.39, 0.29) is 0 Å². The average molecular weight is 611 g/mol. The van der Waals surface area contributed by atoms with E-state index in [1.54, 1.807) is 0 Å². The molecule has 2 aromatic heterocycles. The summed E-state index contributed by atoms with van der Waals surface area (Å²) < 4.78 is 4.52. The number of rotatable bonds is 4. The molecule has 0 saturated heterocycles. The Morgan fingerprint density at radius 1 is 0.396 bits per heavy atom. The lowest BCUT2D eigenvalue weighted by Gasteiger charge is -2.20. The molecular weight excluding hydrogens is 585 g/mol. The van der Waals surface area contributed by atoms with E-state index < -0.39 is 0 Å². The molecule has 0 atom stereocenters. The van der Waals surface area contributed by atoms with E-state index in [1.165, 1.54) is 10.8 Å². The molecule has 222 valence electrons. The molecule has 0 amide bonds. The predicted octanol–water partition coefficient (Wildman–Crippen LogP) is 11.0. The fourth-order valence-corrected chi connectivity index (χ4v) is 7.32. The van der Waals surface area contributed by atoms with Crippen molar-refractivity contribution in [3.05, 3.63) is 169 Å². The Kier molecular flexibility index (Phi) is 6.22. The normalized spacial score (nSPS) is 11.3. The van der Waals surface area contributed by atoms with Crippen LogP contribution in [-0.4, -0.2) is 9.13 Å². The highest BCUT2D eigenvalue weighted by Crippen LogP contribution is 2.42. The molecule has 0 aliphatic rings. The molecule has 0 radical (unpaired) electrons. The van der Waals surface area contributed by atoms with Gasteiger partial charge in [0.05, 0.1) is 50.6 Å². The SMILES string of the molecule is N#Cc1ccc2c(c1)c1ccccc1n2-c1ccc(-c2cccc(-c3ccccc3)c2-n2c3ccccc3c3ccccc32)cc1C#N. The van der Waals surface area contributed by atoms with Crippen molar-refractivity contribution in [2.75, 3.05) is 0 Å². The number of hydrogen-bond acceptors (Lipinski definition) is 2. The van der Waals surface area contributed by atoms with Gasteiger partial charge in [-0.25, -0.2) is 0 Å². The van der Waals surface area contributed by atoms with Crippen molar-refractivity contribution in [2.45, 2.75) is 0 Å². The van der Waals surface area contributed by atoms with Crippen molar-refractivity contribution >= 4 is 43.6 Å². The molecule has 4 heteroatoms. The van der Waals surface area contributed by atoms with Gasteiger partial charge in [-0.2, -0.15) is 10.5 Å². The number of nitrogens with zero attached hydrogens (tertiary/aromatic N) is 4. The number of hydrogen-bond donors (Lipinski definition) is 0. The molecule has 0 N–H and O–H groups in total. The van der Waals surface area contributed by atoms with Gasteiger partial charge < -0.3 is 9.13 Å². The van der Waals surface area contributed by atoms with Gasteiger partial charge >= 0.3 is 0 Å². The zero-order chi connectivity index (χ0) is 32.2. The summed E-state index contributed by atoms with van der Waals surface area (Å²) in [5.41, 5.74) is 11.5. The van der Waals surface area contributed by atoms with Crippen LogP contribution in [0.4, 0.5) is 0 Å². The molecule has 48 heavy (non-hydrogen) atoms. The lowest BCUT2D eigenvalue weighted by Crippen LogP contribution is -2.02. The Morgan fingerprint density at radius 2 is 0.958 bits per heavy atom. The van der Waals surface area contributed by atoms with E-state index in [9.17, 15) is 10.5 Å². The molecule has 0 spiro atoms. The first kappa shape index (κ1) is 27.4. The minimum absolute atomic E-state index is 0.567. The van der Waals surface area contributed by atoms with Crippen LogP contribution < -0.4 is 0 Å². The Balaban J connectivity index is 1.33. The van der Waals surface area contributed by atoms with Crippen molar-refractivity contribution in [3.63, 3.8) is 0 Å². The van der Waals surface area contributed by atoms with E-state index in [1.807, 2.05) is 42.5 Å². The maximum atomic E-state index is 10.7. The summed E-state index contributed by atoms with van der Waals surface area (Å²) >= 11 is 0. The van der Waals surface area contributed by atoms with Gasteiger partial charge in [-0.3, -0.25) is 0 Å². The number of aromatic nitrogens is 2. The molecule has 9 aromatic rings. The first-order valence-electron chi connectivity index (χ1n) is 15.9. The van der Waals surface area contributed by atoms with Crippen LogP contribution in [0.15, 0.2) is 158 Å². The molecule has 0 fully saturated rings. The highest BCUT2D eigenvalue weighted by molar-refractivity contribution is 6.11. The molecule has 0 saturated carbocycles. The molecule has 0 aliphatic carbocycles. The summed E-state index contributed by atoms with van der Waals surface area (Å²) in [6.45, 7) is 0. The summed E-state index contributed by atoms with van der Waals surface area (Å²) in [4.78, 5) is 0. The minimum Gasteiger partial charge on any atom is -0.308 e. The second kappa shape index (κ2) is 10.9. The van der Waals surface area contributed by atoms with Gasteiger partial charge in [0.15, 0.2) is 0 Å². The van der Waals surface area contributed by atoms with E-state index in [2.05, 4.69) is 137 Å². The summed E-state index contributed by atoms with van der Waals surface area (Å²) in [6, 6.07) is 59.0. The van der Waals surface area contributed by atoms with Crippen molar-refractivity contribution in [1.82, 2.24) is 9.13 Å². The summed E-state index contributed by atoms with van der Waals surface area (Å²) in [6.07, 6.45) is 0. The van der Waals surface area contributed by atoms with Crippen LogP contribution in [0, 0.1) is 22.7 Å². The van der Waals surface area contributed by atoms with Gasteiger partial charge in [0.1, 0.15) is 6.07 Å². The highest BCUT2D eigenvalue weighted by Gasteiger charge is 2.21. The van der Waals surface area contributed by atoms with E-state index in [0.717, 1.165) is 66.5 Å². The van der Waals surface area contributed by atoms with Crippen LogP contribution in [0.3, 0.4) is 0 Å². The Hall–Kier alpha value is -6.88. The van der Waals surface area contributed by atoms with Crippen LogP contribution in [-0.2, 0) is 0 Å². The monoisotopic (exact) mass is 610 g/mol. The van der Waals surface area contributed by atoms with Crippen LogP contribution in [0.1, 0.15) is 11.1 Å². The molecule has 2 heterocycles. The van der Waals surface area contributed by atoms with Crippen LogP contribution >= 0.6 is 0 Å². The quantitative estimate of drug-likeness (QED) is 0.199. The standard InChI is InChI=1S/C44H26N4/c45-27-29-21-23-43-38(25-29)37-15-6-7-18-40(37)47(43)39-24-22-31(26-32(39)28-46)34-17-10-16-33(30-11-2-1-3-12-30)44(34)48-41-19-8-4-13-35(41)36-14-5-9-20-42(36)48/h1-26H. The molecule has 7 aromatic carbocycles. The lowest BCUT2D eigenvalue weighted by atomic mass is 9.94. The van der Waals surface area contributed by atoms with E-state index in [0.29, 0.717) is 11.1 Å². The molecule has 4 nitrogen and oxygen atoms in total. The van der Waals surface area contributed by atoms with Crippen molar-refractivity contribution < 1.29 is 0 Å². The first-order valence-corrected chi connectivity index (χ1v) is 15.9. The molecule has 0 aliphatic heterocycles. The highest BCUT2D eigenvalue weighted by atomic mass is 15.0. The topological polar surface area (TPSA) is 57.4 Å². The zero-order valence-electron chi connectivity index (χ0n) is 25.8. The fraction of sp³-hybridized carbons (Fsp3) is 0. The number of benzene rings is 7. The lowest BCUT2D eigenvalue weighted by molar-refractivity contribution is 1.16. The smallest absolute Gasteiger partial charge is 0.101 e. The van der Waals surface area contributed by atoms with Crippen LogP contribution in [0.5, 0.6) is 0 Å². The molecular formula is C44H26N4. The zero-order valence-corrected chi connectivity index (χ0v) is 25.8. The number of fused-ring (bicyclic) bond motifs is 6. The predicted molar refractivity (Wildman–Crippen MR) is 195 cm³/mol. The van der Waals surface area contributed by atoms with Crippen LogP contribution in [0.25, 0.3) is 77.2 Å². The van der Waals surface area contributed by atoms with Crippen molar-refractivity contribution in [2.24, 2.45) is 0 Å². The third kappa shape index (κ3) is 4.07. The minimum atomic E-state index is 0.567. The van der Waals surface area contributed by atoms with Crippen molar-refractivity contribution in [3.8, 4) is 45.8 Å².